The van der Waals surface area contributed by atoms with Gasteiger partial charge in [0.25, 0.3) is 11.8 Å². The van der Waals surface area contributed by atoms with Crippen LogP contribution in [0.25, 0.3) is 0 Å². The van der Waals surface area contributed by atoms with E-state index in [0.29, 0.717) is 9.88 Å². The fourth-order valence-electron chi connectivity index (χ4n) is 2.79. The molecule has 2 amide bonds. The van der Waals surface area contributed by atoms with E-state index in [1.165, 1.54) is 23.5 Å². The van der Waals surface area contributed by atoms with Crippen LogP contribution in [0.3, 0.4) is 0 Å². The number of halogens is 3. The predicted molar refractivity (Wildman–Crippen MR) is 118 cm³/mol. The van der Waals surface area contributed by atoms with E-state index >= 15 is 0 Å². The van der Waals surface area contributed by atoms with Gasteiger partial charge in [0.05, 0.1) is 26.5 Å². The molecule has 4 nitrogen and oxygen atoms in total. The normalized spacial score (nSPS) is 11.8. The van der Waals surface area contributed by atoms with Gasteiger partial charge in [-0.1, -0.05) is 45.7 Å². The maximum atomic E-state index is 13.2. The van der Waals surface area contributed by atoms with Gasteiger partial charge in [-0.05, 0) is 55.3 Å². The van der Waals surface area contributed by atoms with Crippen LogP contribution < -0.4 is 10.6 Å². The second-order valence-electron chi connectivity index (χ2n) is 6.42. The summed E-state index contributed by atoms with van der Waals surface area (Å²) in [7, 11) is 0. The van der Waals surface area contributed by atoms with Crippen LogP contribution in [0.4, 0.5) is 9.39 Å². The molecule has 0 aliphatic carbocycles. The number of benzene rings is 2. The predicted octanol–water partition coefficient (Wildman–Crippen LogP) is 6.35. The number of carbonyl (C=O) groups excluding carboxylic acids is 2. The zero-order chi connectivity index (χ0) is 21.1. The number of aryl methyl sites for hydroxylation is 1. The molecule has 0 bridgehead atoms. The Balaban J connectivity index is 1.73. The molecule has 1 unspecified atom stereocenters. The summed E-state index contributed by atoms with van der Waals surface area (Å²) in [4.78, 5) is 25.7. The van der Waals surface area contributed by atoms with Crippen molar-refractivity contribution < 1.29 is 14.0 Å². The van der Waals surface area contributed by atoms with Crippen LogP contribution in [0.1, 0.15) is 44.1 Å². The summed E-state index contributed by atoms with van der Waals surface area (Å²) < 4.78 is 14.1. The molecule has 0 saturated carbocycles. The first kappa shape index (κ1) is 21.5. The number of hydrogen-bond acceptors (Lipinski definition) is 3. The van der Waals surface area contributed by atoms with E-state index in [0.717, 1.165) is 21.7 Å². The first-order chi connectivity index (χ1) is 13.8. The second kappa shape index (κ2) is 9.07. The van der Waals surface area contributed by atoms with Crippen molar-refractivity contribution in [3.05, 3.63) is 85.4 Å². The van der Waals surface area contributed by atoms with Crippen LogP contribution in [0, 0.1) is 12.7 Å². The van der Waals surface area contributed by atoms with Crippen molar-refractivity contribution in [3.8, 4) is 0 Å². The highest BCUT2D eigenvalue weighted by Gasteiger charge is 2.19. The Kier molecular flexibility index (Phi) is 6.72. The zero-order valence-electron chi connectivity index (χ0n) is 15.6. The number of hydrogen-bond donors (Lipinski definition) is 2. The maximum Gasteiger partial charge on any atom is 0.262 e. The summed E-state index contributed by atoms with van der Waals surface area (Å²) in [5.74, 6) is -1.21. The lowest BCUT2D eigenvalue weighted by Gasteiger charge is -2.15. The Bertz CT molecular complexity index is 1090. The quantitative estimate of drug-likeness (QED) is 0.433. The molecule has 0 fully saturated rings. The van der Waals surface area contributed by atoms with Crippen molar-refractivity contribution in [2.24, 2.45) is 0 Å². The van der Waals surface area contributed by atoms with Crippen LogP contribution in [0.15, 0.2) is 53.0 Å². The summed E-state index contributed by atoms with van der Waals surface area (Å²) >= 11 is 10.6. The van der Waals surface area contributed by atoms with Crippen molar-refractivity contribution in [2.75, 3.05) is 5.32 Å². The summed E-state index contributed by atoms with van der Waals surface area (Å²) in [6.07, 6.45) is 0. The van der Waals surface area contributed by atoms with Gasteiger partial charge in [-0.25, -0.2) is 4.39 Å². The topological polar surface area (TPSA) is 58.2 Å². The molecule has 0 saturated heterocycles. The van der Waals surface area contributed by atoms with Crippen LogP contribution in [0.5, 0.6) is 0 Å². The van der Waals surface area contributed by atoms with Crippen molar-refractivity contribution in [1.82, 2.24) is 5.32 Å². The Labute approximate surface area is 185 Å². The van der Waals surface area contributed by atoms with E-state index in [-0.39, 0.29) is 22.5 Å². The van der Waals surface area contributed by atoms with Crippen LogP contribution in [0.2, 0.25) is 5.02 Å². The fourth-order valence-corrected chi connectivity index (χ4v) is 4.64. The molecule has 2 aromatic carbocycles. The molecule has 3 aromatic rings. The molecule has 1 aromatic heterocycles. The molecule has 3 rings (SSSR count). The van der Waals surface area contributed by atoms with Crippen molar-refractivity contribution >= 4 is 55.7 Å². The standard InChI is InChI=1S/C21H17BrClFN2O2S/c1-11-9-18(26-20(27)15-8-7-13(24)10-17(15)23)29-19(11)21(28)25-12(2)14-5-3-4-6-16(14)22/h3-10,12H,1-2H3,(H,25,28)(H,26,27). The molecule has 1 heterocycles. The number of thiophene rings is 1. The molecule has 8 heteroatoms. The summed E-state index contributed by atoms with van der Waals surface area (Å²) in [5.41, 5.74) is 1.87. The van der Waals surface area contributed by atoms with Crippen LogP contribution >= 0.6 is 38.9 Å². The van der Waals surface area contributed by atoms with Gasteiger partial charge in [-0.2, -0.15) is 0 Å². The average molecular weight is 496 g/mol. The lowest BCUT2D eigenvalue weighted by molar-refractivity contribution is 0.0942. The highest BCUT2D eigenvalue weighted by atomic mass is 79.9. The number of nitrogens with one attached hydrogen (secondary N) is 2. The molecule has 150 valence electrons. The molecular weight excluding hydrogens is 479 g/mol. The number of anilines is 1. The fraction of sp³-hybridized carbons (Fsp3) is 0.143. The van der Waals surface area contributed by atoms with Gasteiger partial charge in [0, 0.05) is 4.47 Å². The Morgan fingerprint density at radius 3 is 2.55 bits per heavy atom. The van der Waals surface area contributed by atoms with E-state index in [1.54, 1.807) is 13.0 Å². The van der Waals surface area contributed by atoms with Gasteiger partial charge in [-0.3, -0.25) is 9.59 Å². The third-order valence-corrected chi connectivity index (χ3v) is 6.44. The number of amides is 2. The number of carbonyl (C=O) groups is 2. The molecule has 0 aliphatic rings. The SMILES string of the molecule is Cc1cc(NC(=O)c2ccc(F)cc2Cl)sc1C(=O)NC(C)c1ccccc1Br. The van der Waals surface area contributed by atoms with E-state index in [9.17, 15) is 14.0 Å². The molecule has 29 heavy (non-hydrogen) atoms. The van der Waals surface area contributed by atoms with Gasteiger partial charge in [0.15, 0.2) is 0 Å². The largest absolute Gasteiger partial charge is 0.345 e. The van der Waals surface area contributed by atoms with Crippen molar-refractivity contribution in [2.45, 2.75) is 19.9 Å². The first-order valence-electron chi connectivity index (χ1n) is 8.68. The smallest absolute Gasteiger partial charge is 0.262 e. The summed E-state index contributed by atoms with van der Waals surface area (Å²) in [6.45, 7) is 3.70. The Hall–Kier alpha value is -2.22. The van der Waals surface area contributed by atoms with Crippen LogP contribution in [-0.4, -0.2) is 11.8 Å². The second-order valence-corrected chi connectivity index (χ2v) is 8.73. The molecule has 0 spiro atoms. The summed E-state index contributed by atoms with van der Waals surface area (Å²) in [6, 6.07) is 12.8. The van der Waals surface area contributed by atoms with Crippen LogP contribution in [-0.2, 0) is 0 Å². The Morgan fingerprint density at radius 1 is 1.14 bits per heavy atom. The molecule has 0 radical (unpaired) electrons. The third kappa shape index (κ3) is 5.04. The maximum absolute atomic E-state index is 13.2. The lowest BCUT2D eigenvalue weighted by Crippen LogP contribution is -2.26. The zero-order valence-corrected chi connectivity index (χ0v) is 18.7. The van der Waals surface area contributed by atoms with E-state index in [1.807, 2.05) is 31.2 Å². The van der Waals surface area contributed by atoms with E-state index < -0.39 is 11.7 Å². The van der Waals surface area contributed by atoms with Gasteiger partial charge >= 0.3 is 0 Å². The molecule has 1 atom stereocenters. The van der Waals surface area contributed by atoms with Gasteiger partial charge < -0.3 is 10.6 Å². The minimum atomic E-state index is -0.517. The van der Waals surface area contributed by atoms with E-state index in [2.05, 4.69) is 26.6 Å². The minimum absolute atomic E-state index is 0.0241. The average Bonchev–Trinajstić information content (AvgIpc) is 3.02. The van der Waals surface area contributed by atoms with Crippen molar-refractivity contribution in [1.29, 1.82) is 0 Å². The molecule has 0 aliphatic heterocycles. The number of rotatable bonds is 5. The summed E-state index contributed by atoms with van der Waals surface area (Å²) in [5, 5.41) is 6.22. The van der Waals surface area contributed by atoms with Gasteiger partial charge in [-0.15, -0.1) is 11.3 Å². The Morgan fingerprint density at radius 2 is 1.86 bits per heavy atom. The van der Waals surface area contributed by atoms with E-state index in [4.69, 9.17) is 11.6 Å². The monoisotopic (exact) mass is 494 g/mol. The lowest BCUT2D eigenvalue weighted by atomic mass is 10.1. The highest BCUT2D eigenvalue weighted by molar-refractivity contribution is 9.10. The van der Waals surface area contributed by atoms with Crippen molar-refractivity contribution in [3.63, 3.8) is 0 Å². The minimum Gasteiger partial charge on any atom is -0.345 e. The van der Waals surface area contributed by atoms with Gasteiger partial charge in [0.1, 0.15) is 5.82 Å². The first-order valence-corrected chi connectivity index (χ1v) is 10.7. The highest BCUT2D eigenvalue weighted by Crippen LogP contribution is 2.29. The van der Waals surface area contributed by atoms with Gasteiger partial charge in [0.2, 0.25) is 0 Å². The third-order valence-electron chi connectivity index (χ3n) is 4.26. The molecule has 2 N–H and O–H groups in total. The molecular formula is C21H17BrClFN2O2S.